The number of hydrogen-bond donors (Lipinski definition) is 9. The van der Waals surface area contributed by atoms with Gasteiger partial charge in [0.2, 0.25) is 17.7 Å². The minimum Gasteiger partial charge on any atom is -0.508 e. The second-order valence-corrected chi connectivity index (χ2v) is 21.9. The molecule has 0 saturated carbocycles. The Morgan fingerprint density at radius 3 is 2.41 bits per heavy atom. The lowest BCUT2D eigenvalue weighted by atomic mass is 9.68. The van der Waals surface area contributed by atoms with Gasteiger partial charge in [-0.1, -0.05) is 110 Å². The van der Waals surface area contributed by atoms with Gasteiger partial charge in [-0.3, -0.25) is 29.0 Å². The summed E-state index contributed by atoms with van der Waals surface area (Å²) in [6.07, 6.45) is 11.8. The van der Waals surface area contributed by atoms with E-state index < -0.39 is 96.0 Å². The van der Waals surface area contributed by atoms with Gasteiger partial charge >= 0.3 is 5.97 Å². The quantitative estimate of drug-likeness (QED) is 0.0911. The van der Waals surface area contributed by atoms with Crippen LogP contribution in [0.25, 0.3) is 0 Å². The summed E-state index contributed by atoms with van der Waals surface area (Å²) >= 11 is 0. The van der Waals surface area contributed by atoms with Crippen molar-refractivity contribution in [2.24, 2.45) is 41.4 Å². The fourth-order valence-corrected chi connectivity index (χ4v) is 10.8. The first-order chi connectivity index (χ1) is 35.1. The van der Waals surface area contributed by atoms with Gasteiger partial charge in [0.25, 0.3) is 5.91 Å². The lowest BCUT2D eigenvalue weighted by molar-refractivity contribution is -0.269. The van der Waals surface area contributed by atoms with Crippen molar-refractivity contribution < 1.29 is 59.0 Å². The molecule has 2 bridgehead atoms. The molecule has 17 nitrogen and oxygen atoms in total. The molecule has 0 radical (unpaired) electrons. The van der Waals surface area contributed by atoms with E-state index in [-0.39, 0.29) is 67.1 Å². The van der Waals surface area contributed by atoms with Crippen LogP contribution in [0.1, 0.15) is 132 Å². The molecule has 4 aliphatic heterocycles. The topological polar surface area (TPSA) is 256 Å². The smallest absolute Gasteiger partial charge is 0.325 e. The minimum atomic E-state index is -1.26. The van der Waals surface area contributed by atoms with Crippen LogP contribution in [0.15, 0.2) is 72.4 Å². The molecule has 9 N–H and O–H groups in total. The normalized spacial score (nSPS) is 35.2. The molecule has 1 aromatic carbocycles. The van der Waals surface area contributed by atoms with E-state index in [1.165, 1.54) is 23.2 Å². The Labute approximate surface area is 438 Å². The second-order valence-electron chi connectivity index (χ2n) is 21.9. The number of allylic oxidation sites excluding steroid dienone is 5. The number of carbonyl (C=O) groups is 5. The molecule has 3 fully saturated rings. The summed E-state index contributed by atoms with van der Waals surface area (Å²) in [5.74, 6) is -4.36. The number of amides is 4. The summed E-state index contributed by atoms with van der Waals surface area (Å²) in [4.78, 5) is 68.7. The van der Waals surface area contributed by atoms with Crippen molar-refractivity contribution in [2.75, 3.05) is 6.54 Å². The van der Waals surface area contributed by atoms with Crippen LogP contribution >= 0.6 is 0 Å². The zero-order valence-electron chi connectivity index (χ0n) is 45.1. The Kier molecular flexibility index (Phi) is 22.5. The van der Waals surface area contributed by atoms with Crippen molar-refractivity contribution >= 4 is 29.6 Å². The van der Waals surface area contributed by atoms with Gasteiger partial charge in [0.15, 0.2) is 0 Å². The molecular weight excluding hydrogens is 947 g/mol. The number of aromatic hydroxyl groups is 1. The number of nitrogens with zero attached hydrogens (tertiary/aromatic N) is 1. The molecule has 74 heavy (non-hydrogen) atoms. The number of rotatable bonds is 13. The largest absolute Gasteiger partial charge is 0.508 e. The summed E-state index contributed by atoms with van der Waals surface area (Å²) < 4.78 is 13.0. The molecule has 0 aromatic heterocycles. The average Bonchev–Trinajstić information content (AvgIpc) is 3.36. The van der Waals surface area contributed by atoms with Gasteiger partial charge in [-0.15, -0.1) is 0 Å². The summed E-state index contributed by atoms with van der Waals surface area (Å²) in [6.45, 7) is 17.1. The Hall–Kier alpha value is -4.91. The van der Waals surface area contributed by atoms with Gasteiger partial charge < -0.3 is 51.0 Å². The van der Waals surface area contributed by atoms with Crippen LogP contribution in [0.4, 0.5) is 0 Å². The van der Waals surface area contributed by atoms with E-state index in [1.807, 2.05) is 52.8 Å². The van der Waals surface area contributed by atoms with Crippen molar-refractivity contribution in [3.8, 4) is 5.75 Å². The number of carbonyl (C=O) groups excluding carboxylic acids is 5. The minimum absolute atomic E-state index is 0.0151. The lowest BCUT2D eigenvalue weighted by Crippen LogP contribution is -2.71. The highest BCUT2D eigenvalue weighted by atomic mass is 16.5. The van der Waals surface area contributed by atoms with Gasteiger partial charge in [0, 0.05) is 55.4 Å². The van der Waals surface area contributed by atoms with E-state index >= 15 is 0 Å². The number of phenolic OH excluding ortho intramolecular Hbond substituents is 1. The maximum absolute atomic E-state index is 14.4. The average molecular weight is 1030 g/mol. The van der Waals surface area contributed by atoms with Crippen molar-refractivity contribution in [2.45, 2.75) is 193 Å². The number of aliphatic hydroxyl groups is 4. The van der Waals surface area contributed by atoms with Crippen LogP contribution in [-0.4, -0.2) is 127 Å². The number of fused-ring (bicyclic) bond motifs is 2. The Balaban J connectivity index is 1.30. The molecule has 4 aliphatic rings. The molecular formula is C57H87N5O12. The van der Waals surface area contributed by atoms with Gasteiger partial charge in [0.1, 0.15) is 35.7 Å². The molecule has 0 aliphatic carbocycles. The predicted molar refractivity (Wildman–Crippen MR) is 281 cm³/mol. The number of benzene rings is 1. The van der Waals surface area contributed by atoms with E-state index in [2.05, 4.69) is 28.3 Å². The molecule has 412 valence electrons. The zero-order chi connectivity index (χ0) is 54.4. The van der Waals surface area contributed by atoms with E-state index in [9.17, 15) is 49.5 Å². The van der Waals surface area contributed by atoms with Gasteiger partial charge in [-0.2, -0.15) is 0 Å². The number of aliphatic hydroxyl groups excluding tert-OH is 4. The van der Waals surface area contributed by atoms with Gasteiger partial charge in [0.05, 0.1) is 36.9 Å². The summed E-state index contributed by atoms with van der Waals surface area (Å²) in [5, 5.41) is 65.1. The number of piperidine rings is 1. The third-order valence-electron chi connectivity index (χ3n) is 16.1. The predicted octanol–water partition coefficient (Wildman–Crippen LogP) is 5.20. The molecule has 16 atom stereocenters. The maximum Gasteiger partial charge on any atom is 0.325 e. The number of esters is 1. The van der Waals surface area contributed by atoms with Crippen LogP contribution < -0.4 is 21.4 Å². The second kappa shape index (κ2) is 27.8. The van der Waals surface area contributed by atoms with Crippen molar-refractivity contribution in [3.05, 3.63) is 77.9 Å². The molecule has 3 saturated heterocycles. The highest BCUT2D eigenvalue weighted by Crippen LogP contribution is 2.47. The van der Waals surface area contributed by atoms with Crippen LogP contribution in [0.3, 0.4) is 0 Å². The highest BCUT2D eigenvalue weighted by molar-refractivity contribution is 5.92. The maximum atomic E-state index is 14.4. The van der Waals surface area contributed by atoms with Crippen LogP contribution in [0, 0.1) is 41.4 Å². The van der Waals surface area contributed by atoms with Crippen molar-refractivity contribution in [3.63, 3.8) is 0 Å². The zero-order valence-corrected chi connectivity index (χ0v) is 45.1. The molecule has 1 aromatic rings. The first kappa shape index (κ1) is 60.0. The molecule has 2 unspecified atom stereocenters. The molecule has 4 heterocycles. The fourth-order valence-electron chi connectivity index (χ4n) is 10.8. The number of hydrazine groups is 1. The number of ether oxygens (including phenoxy) is 2. The Bertz CT molecular complexity index is 2180. The lowest BCUT2D eigenvalue weighted by Gasteiger charge is -2.57. The number of cyclic esters (lactones) is 1. The van der Waals surface area contributed by atoms with E-state index in [4.69, 9.17) is 9.47 Å². The molecule has 1 spiro atoms. The standard InChI is InChI=1S/C57H87N5O12/c1-10-40-30-41(11-2)57(60-53(40)69)38(9)52(68)37(8)49(74-57)31-46(65)34(5)20-14-12-15-21-35(6)48-26-17-13-16-25-45(64)36(7)47(66)32-50(67)59-51(33(3)4)54(70)58-44(29-39-22-18-23-42(63)28-39)55(71)62-27-19-24-43(61-62)56(72)73-48/h12-13,15-18,21-23,25,28,33-34,36-38,40-41,43-49,51-52,61,63-66,68H,10-11,14,19-20,24,26-27,29-32H2,1-9H3,(H,58,70)(H,59,67)(H,60,69)/b15-12+,17-13+,25-16+,35-21+/t34-,36?,37-,38-,40-,41-,43-,44-,45+,46-,47-,48-,49-,51?,52-,57-/m0/s1. The van der Waals surface area contributed by atoms with E-state index in [0.29, 0.717) is 44.1 Å². The summed E-state index contributed by atoms with van der Waals surface area (Å²) in [6, 6.07) is 3.15. The third kappa shape index (κ3) is 15.6. The highest BCUT2D eigenvalue weighted by Gasteiger charge is 2.58. The Morgan fingerprint density at radius 2 is 1.72 bits per heavy atom. The van der Waals surface area contributed by atoms with Crippen LogP contribution in [0.5, 0.6) is 5.75 Å². The van der Waals surface area contributed by atoms with Gasteiger partial charge in [-0.05, 0) is 87.0 Å². The number of hydrogen-bond acceptors (Lipinski definition) is 13. The van der Waals surface area contributed by atoms with Crippen LogP contribution in [0.2, 0.25) is 0 Å². The molecule has 17 heteroatoms. The summed E-state index contributed by atoms with van der Waals surface area (Å²) in [5.41, 5.74) is 3.34. The van der Waals surface area contributed by atoms with E-state index in [1.54, 1.807) is 51.1 Å². The monoisotopic (exact) mass is 1030 g/mol. The van der Waals surface area contributed by atoms with Gasteiger partial charge in [-0.25, -0.2) is 5.43 Å². The number of nitrogens with one attached hydrogen (secondary N) is 4. The first-order valence-corrected chi connectivity index (χ1v) is 27.1. The fraction of sp³-hybridized carbons (Fsp3) is 0.667. The Morgan fingerprint density at radius 1 is 0.973 bits per heavy atom. The van der Waals surface area contributed by atoms with Crippen molar-refractivity contribution in [1.82, 2.24) is 26.4 Å². The van der Waals surface area contributed by atoms with E-state index in [0.717, 1.165) is 18.4 Å². The third-order valence-corrected chi connectivity index (χ3v) is 16.1. The first-order valence-electron chi connectivity index (χ1n) is 27.1. The molecule has 5 rings (SSSR count). The SMILES string of the molecule is CC[C@H]1C[C@H](CC)[C@@]2(NC1=O)O[C@@H](C[C@H](O)[C@@H](C)CC/C=C/C=C(\C)[C@@H]1C/C=C/C=C/[C@@H](O)C(C)[C@@H](O)CC(=O)NC(C(C)C)C(=O)N[C@@H](Cc3cccc(O)c3)C(=O)N3CCC[C@H](N3)C(=O)O1)[C@H](C)[C@H](O)[C@@H]2C. The number of phenols is 1. The van der Waals surface area contributed by atoms with Crippen molar-refractivity contribution in [1.29, 1.82) is 0 Å². The van der Waals surface area contributed by atoms with Crippen LogP contribution in [-0.2, 0) is 39.9 Å². The summed E-state index contributed by atoms with van der Waals surface area (Å²) in [7, 11) is 0. The molecule has 4 amide bonds.